The number of aromatic nitrogens is 2. The highest BCUT2D eigenvalue weighted by molar-refractivity contribution is 5.88. The second kappa shape index (κ2) is 6.75. The van der Waals surface area contributed by atoms with Gasteiger partial charge in [0.2, 0.25) is 5.88 Å². The standard InChI is InChI=1S/C24H42N4O/c1-16(2)24(10,20(25)27-14-17(3)13-21(27,4)5)28-12-11-19(26-28)29-15-18-22(6,7)23(18,8)9/h11-12,16-18,25H,13-15H2,1-10H3/t17-,24+/m0/s1. The third kappa shape index (κ3) is 3.38. The summed E-state index contributed by atoms with van der Waals surface area (Å²) in [7, 11) is 0. The van der Waals surface area contributed by atoms with Gasteiger partial charge in [-0.1, -0.05) is 48.5 Å². The molecule has 1 saturated heterocycles. The Kier molecular flexibility index (Phi) is 5.16. The van der Waals surface area contributed by atoms with E-state index in [-0.39, 0.29) is 11.5 Å². The predicted octanol–water partition coefficient (Wildman–Crippen LogP) is 5.41. The van der Waals surface area contributed by atoms with Gasteiger partial charge in [0.05, 0.1) is 6.61 Å². The number of hydrogen-bond donors (Lipinski definition) is 1. The molecule has 2 atom stereocenters. The molecule has 5 heteroatoms. The first kappa shape index (κ1) is 22.2. The molecule has 0 radical (unpaired) electrons. The molecule has 3 rings (SSSR count). The lowest BCUT2D eigenvalue weighted by Gasteiger charge is -2.43. The molecular formula is C24H42N4O. The van der Waals surface area contributed by atoms with Crippen molar-refractivity contribution in [2.75, 3.05) is 13.2 Å². The van der Waals surface area contributed by atoms with Crippen molar-refractivity contribution in [1.29, 1.82) is 5.41 Å². The lowest BCUT2D eigenvalue weighted by Crippen LogP contribution is -2.55. The van der Waals surface area contributed by atoms with Gasteiger partial charge in [-0.15, -0.1) is 5.10 Å². The third-order valence-corrected chi connectivity index (χ3v) is 8.70. The Bertz CT molecular complexity index is 762. The van der Waals surface area contributed by atoms with Crippen molar-refractivity contribution in [3.8, 4) is 5.88 Å². The van der Waals surface area contributed by atoms with Crippen LogP contribution in [0.1, 0.15) is 75.7 Å². The number of ether oxygens (including phenoxy) is 1. The van der Waals surface area contributed by atoms with Crippen LogP contribution in [0.5, 0.6) is 5.88 Å². The number of rotatable bonds is 6. The molecule has 1 aromatic heterocycles. The van der Waals surface area contributed by atoms with E-state index in [2.05, 4.69) is 74.1 Å². The van der Waals surface area contributed by atoms with Crippen LogP contribution in [-0.4, -0.2) is 39.2 Å². The molecule has 1 aromatic rings. The molecule has 0 bridgehead atoms. The molecule has 2 heterocycles. The molecular weight excluding hydrogens is 360 g/mol. The number of nitrogens with one attached hydrogen (secondary N) is 1. The minimum Gasteiger partial charge on any atom is -0.476 e. The van der Waals surface area contributed by atoms with Crippen LogP contribution in [-0.2, 0) is 5.54 Å². The summed E-state index contributed by atoms with van der Waals surface area (Å²) in [5, 5.41) is 14.0. The molecule has 29 heavy (non-hydrogen) atoms. The average Bonchev–Trinajstić information content (AvgIpc) is 2.99. The molecule has 1 aliphatic carbocycles. The van der Waals surface area contributed by atoms with Gasteiger partial charge in [-0.25, -0.2) is 0 Å². The van der Waals surface area contributed by atoms with Gasteiger partial charge in [0.1, 0.15) is 11.4 Å². The molecule has 0 aromatic carbocycles. The molecule has 2 aliphatic rings. The van der Waals surface area contributed by atoms with Crippen molar-refractivity contribution in [3.63, 3.8) is 0 Å². The summed E-state index contributed by atoms with van der Waals surface area (Å²) >= 11 is 0. The highest BCUT2D eigenvalue weighted by Gasteiger charge is 2.64. The van der Waals surface area contributed by atoms with Crippen LogP contribution in [0, 0.1) is 34.0 Å². The highest BCUT2D eigenvalue weighted by atomic mass is 16.5. The largest absolute Gasteiger partial charge is 0.476 e. The smallest absolute Gasteiger partial charge is 0.232 e. The van der Waals surface area contributed by atoms with Gasteiger partial charge in [-0.2, -0.15) is 0 Å². The first-order valence-corrected chi connectivity index (χ1v) is 11.2. The van der Waals surface area contributed by atoms with E-state index in [0.717, 1.165) is 13.0 Å². The molecule has 164 valence electrons. The fourth-order valence-electron chi connectivity index (χ4n) is 5.46. The predicted molar refractivity (Wildman–Crippen MR) is 120 cm³/mol. The van der Waals surface area contributed by atoms with E-state index < -0.39 is 5.54 Å². The summed E-state index contributed by atoms with van der Waals surface area (Å²) in [6.45, 7) is 24.2. The minimum atomic E-state index is -0.513. The third-order valence-electron chi connectivity index (χ3n) is 8.70. The summed E-state index contributed by atoms with van der Waals surface area (Å²) in [5.74, 6) is 2.69. The maximum absolute atomic E-state index is 9.17. The van der Waals surface area contributed by atoms with E-state index in [4.69, 9.17) is 9.84 Å². The quantitative estimate of drug-likeness (QED) is 0.511. The average molecular weight is 403 g/mol. The van der Waals surface area contributed by atoms with Crippen molar-refractivity contribution in [2.45, 2.75) is 86.7 Å². The second-order valence-electron chi connectivity index (χ2n) is 11.8. The molecule has 0 amide bonds. The lowest BCUT2D eigenvalue weighted by molar-refractivity contribution is 0.202. The maximum atomic E-state index is 9.17. The van der Waals surface area contributed by atoms with E-state index in [1.807, 2.05) is 16.9 Å². The molecule has 1 N–H and O–H groups in total. The first-order valence-electron chi connectivity index (χ1n) is 11.2. The zero-order valence-electron chi connectivity index (χ0n) is 20.3. The van der Waals surface area contributed by atoms with Crippen LogP contribution in [0.2, 0.25) is 0 Å². The van der Waals surface area contributed by atoms with Gasteiger partial charge in [-0.3, -0.25) is 10.1 Å². The minimum absolute atomic E-state index is 0.00225. The normalized spacial score (nSPS) is 27.1. The van der Waals surface area contributed by atoms with Crippen LogP contribution in [0.4, 0.5) is 0 Å². The fraction of sp³-hybridized carbons (Fsp3) is 0.833. The van der Waals surface area contributed by atoms with Crippen LogP contribution >= 0.6 is 0 Å². The Balaban J connectivity index is 1.79. The monoisotopic (exact) mass is 402 g/mol. The van der Waals surface area contributed by atoms with Gasteiger partial charge in [0, 0.05) is 30.3 Å². The van der Waals surface area contributed by atoms with Gasteiger partial charge in [0.25, 0.3) is 0 Å². The van der Waals surface area contributed by atoms with Gasteiger partial charge in [-0.05, 0) is 49.9 Å². The van der Waals surface area contributed by atoms with Crippen molar-refractivity contribution in [2.24, 2.45) is 28.6 Å². The Morgan fingerprint density at radius 3 is 2.28 bits per heavy atom. The van der Waals surface area contributed by atoms with Gasteiger partial charge >= 0.3 is 0 Å². The van der Waals surface area contributed by atoms with Crippen LogP contribution in [0.25, 0.3) is 0 Å². The van der Waals surface area contributed by atoms with Gasteiger partial charge < -0.3 is 9.64 Å². The SMILES string of the molecule is CC(C)[C@](C)(C(=N)N1C[C@@H](C)CC1(C)C)n1ccc(OCC2C(C)(C)C2(C)C)n1. The Hall–Kier alpha value is -1.52. The summed E-state index contributed by atoms with van der Waals surface area (Å²) in [6, 6.07) is 1.95. The highest BCUT2D eigenvalue weighted by Crippen LogP contribution is 2.68. The Morgan fingerprint density at radius 2 is 1.83 bits per heavy atom. The van der Waals surface area contributed by atoms with Crippen molar-refractivity contribution < 1.29 is 4.74 Å². The molecule has 0 spiro atoms. The molecule has 1 saturated carbocycles. The number of nitrogens with zero attached hydrogens (tertiary/aromatic N) is 3. The lowest BCUT2D eigenvalue weighted by atomic mass is 9.85. The molecule has 0 unspecified atom stereocenters. The van der Waals surface area contributed by atoms with Crippen LogP contribution in [0.15, 0.2) is 12.3 Å². The Labute approximate surface area is 177 Å². The van der Waals surface area contributed by atoms with E-state index >= 15 is 0 Å². The molecule has 5 nitrogen and oxygen atoms in total. The van der Waals surface area contributed by atoms with E-state index in [1.54, 1.807) is 0 Å². The summed E-state index contributed by atoms with van der Waals surface area (Å²) in [5.41, 5.74) is 0.105. The zero-order chi connectivity index (χ0) is 22.0. The number of amidine groups is 1. The number of likely N-dealkylation sites (tertiary alicyclic amines) is 1. The zero-order valence-corrected chi connectivity index (χ0v) is 20.3. The van der Waals surface area contributed by atoms with E-state index in [1.165, 1.54) is 0 Å². The van der Waals surface area contributed by atoms with Gasteiger partial charge in [0.15, 0.2) is 0 Å². The summed E-state index contributed by atoms with van der Waals surface area (Å²) in [4.78, 5) is 2.29. The second-order valence-corrected chi connectivity index (χ2v) is 11.8. The van der Waals surface area contributed by atoms with E-state index in [9.17, 15) is 5.41 Å². The summed E-state index contributed by atoms with van der Waals surface area (Å²) in [6.07, 6.45) is 3.10. The first-order chi connectivity index (χ1) is 13.2. The van der Waals surface area contributed by atoms with Crippen molar-refractivity contribution in [3.05, 3.63) is 12.3 Å². The Morgan fingerprint density at radius 1 is 1.24 bits per heavy atom. The van der Waals surface area contributed by atoms with E-state index in [0.29, 0.717) is 41.0 Å². The fourth-order valence-corrected chi connectivity index (χ4v) is 5.46. The maximum Gasteiger partial charge on any atom is 0.232 e. The van der Waals surface area contributed by atoms with Crippen LogP contribution in [0.3, 0.4) is 0 Å². The van der Waals surface area contributed by atoms with Crippen molar-refractivity contribution in [1.82, 2.24) is 14.7 Å². The topological polar surface area (TPSA) is 54.1 Å². The molecule has 1 aliphatic heterocycles. The molecule has 2 fully saturated rings. The van der Waals surface area contributed by atoms with Crippen molar-refractivity contribution >= 4 is 5.84 Å². The number of hydrogen-bond acceptors (Lipinski definition) is 3. The van der Waals surface area contributed by atoms with Crippen LogP contribution < -0.4 is 4.74 Å². The summed E-state index contributed by atoms with van der Waals surface area (Å²) < 4.78 is 8.06.